The summed E-state index contributed by atoms with van der Waals surface area (Å²) in [6.45, 7) is 10.4. The van der Waals surface area contributed by atoms with Gasteiger partial charge in [0.05, 0.1) is 6.61 Å². The van der Waals surface area contributed by atoms with Gasteiger partial charge in [-0.25, -0.2) is 0 Å². The van der Waals surface area contributed by atoms with Gasteiger partial charge in [-0.3, -0.25) is 0 Å². The van der Waals surface area contributed by atoms with Gasteiger partial charge >= 0.3 is 0 Å². The molecule has 0 saturated carbocycles. The first-order chi connectivity index (χ1) is 8.02. The van der Waals surface area contributed by atoms with Gasteiger partial charge in [0.25, 0.3) is 0 Å². The molecule has 2 unspecified atom stereocenters. The minimum absolute atomic E-state index is 0.121. The summed E-state index contributed by atoms with van der Waals surface area (Å²) < 4.78 is 5.46. The lowest BCUT2D eigenvalue weighted by Gasteiger charge is -2.24. The quantitative estimate of drug-likeness (QED) is 0.852. The molecule has 1 fully saturated rings. The summed E-state index contributed by atoms with van der Waals surface area (Å²) in [4.78, 5) is 0. The lowest BCUT2D eigenvalue weighted by Crippen LogP contribution is -2.24. The maximum absolute atomic E-state index is 6.46. The van der Waals surface area contributed by atoms with Crippen molar-refractivity contribution in [1.29, 1.82) is 0 Å². The van der Waals surface area contributed by atoms with Crippen molar-refractivity contribution < 1.29 is 4.74 Å². The SMILES string of the molecule is Cc1cc(C)c(C)c(C(N)C2CCOC2)c1C. The summed E-state index contributed by atoms with van der Waals surface area (Å²) in [6, 6.07) is 2.38. The van der Waals surface area contributed by atoms with E-state index in [9.17, 15) is 0 Å². The minimum Gasteiger partial charge on any atom is -0.381 e. The van der Waals surface area contributed by atoms with Gasteiger partial charge in [-0.2, -0.15) is 0 Å². The van der Waals surface area contributed by atoms with Crippen molar-refractivity contribution in [2.75, 3.05) is 13.2 Å². The minimum atomic E-state index is 0.121. The van der Waals surface area contributed by atoms with Crippen LogP contribution in [0.4, 0.5) is 0 Å². The van der Waals surface area contributed by atoms with Crippen molar-refractivity contribution in [3.8, 4) is 0 Å². The van der Waals surface area contributed by atoms with Gasteiger partial charge in [0.1, 0.15) is 0 Å². The van der Waals surface area contributed by atoms with Crippen LogP contribution in [0, 0.1) is 33.6 Å². The Balaban J connectivity index is 2.42. The number of aryl methyl sites for hydroxylation is 2. The van der Waals surface area contributed by atoms with Gasteiger partial charge in [-0.15, -0.1) is 0 Å². The zero-order valence-corrected chi connectivity index (χ0v) is 11.3. The Kier molecular flexibility index (Phi) is 3.55. The highest BCUT2D eigenvalue weighted by atomic mass is 16.5. The van der Waals surface area contributed by atoms with Crippen LogP contribution < -0.4 is 5.73 Å². The average molecular weight is 233 g/mol. The largest absolute Gasteiger partial charge is 0.381 e. The van der Waals surface area contributed by atoms with Crippen LogP contribution in [0.5, 0.6) is 0 Å². The van der Waals surface area contributed by atoms with E-state index in [0.29, 0.717) is 5.92 Å². The van der Waals surface area contributed by atoms with Gasteiger partial charge in [0.15, 0.2) is 0 Å². The standard InChI is InChI=1S/C15H23NO/c1-9-7-10(2)12(4)14(11(9)3)15(16)13-5-6-17-8-13/h7,13,15H,5-6,8,16H2,1-4H3. The van der Waals surface area contributed by atoms with Crippen molar-refractivity contribution in [3.63, 3.8) is 0 Å². The molecule has 1 heterocycles. The van der Waals surface area contributed by atoms with Crippen LogP contribution in [-0.2, 0) is 4.74 Å². The second-order valence-electron chi connectivity index (χ2n) is 5.32. The summed E-state index contributed by atoms with van der Waals surface area (Å²) in [6.07, 6.45) is 1.09. The summed E-state index contributed by atoms with van der Waals surface area (Å²) in [5, 5.41) is 0. The molecule has 1 saturated heterocycles. The second kappa shape index (κ2) is 4.79. The molecule has 0 aromatic heterocycles. The maximum Gasteiger partial charge on any atom is 0.0513 e. The summed E-state index contributed by atoms with van der Waals surface area (Å²) in [5.74, 6) is 0.480. The van der Waals surface area contributed by atoms with Gasteiger partial charge in [-0.1, -0.05) is 6.07 Å². The van der Waals surface area contributed by atoms with E-state index < -0.39 is 0 Å². The molecule has 0 amide bonds. The Hall–Kier alpha value is -0.860. The van der Waals surface area contributed by atoms with E-state index in [4.69, 9.17) is 10.5 Å². The van der Waals surface area contributed by atoms with E-state index in [-0.39, 0.29) is 6.04 Å². The number of benzene rings is 1. The van der Waals surface area contributed by atoms with Crippen LogP contribution in [0.1, 0.15) is 40.3 Å². The molecule has 94 valence electrons. The number of ether oxygens (including phenoxy) is 1. The highest BCUT2D eigenvalue weighted by Gasteiger charge is 2.26. The van der Waals surface area contributed by atoms with E-state index in [2.05, 4.69) is 33.8 Å². The summed E-state index contributed by atoms with van der Waals surface area (Å²) in [7, 11) is 0. The molecular weight excluding hydrogens is 210 g/mol. The van der Waals surface area contributed by atoms with Crippen LogP contribution in [0.25, 0.3) is 0 Å². The van der Waals surface area contributed by atoms with Crippen molar-refractivity contribution in [2.45, 2.75) is 40.2 Å². The van der Waals surface area contributed by atoms with E-state index in [1.54, 1.807) is 0 Å². The summed E-state index contributed by atoms with van der Waals surface area (Å²) >= 11 is 0. The highest BCUT2D eigenvalue weighted by Crippen LogP contribution is 2.33. The molecule has 1 aromatic rings. The van der Waals surface area contributed by atoms with Crippen LogP contribution in [0.15, 0.2) is 6.07 Å². The molecule has 1 aliphatic rings. The van der Waals surface area contributed by atoms with E-state index in [1.165, 1.54) is 27.8 Å². The van der Waals surface area contributed by atoms with Crippen LogP contribution in [-0.4, -0.2) is 13.2 Å². The molecule has 1 aliphatic heterocycles. The third-order valence-electron chi connectivity index (χ3n) is 4.23. The summed E-state index contributed by atoms with van der Waals surface area (Å²) in [5.41, 5.74) is 13.2. The molecule has 17 heavy (non-hydrogen) atoms. The first-order valence-electron chi connectivity index (χ1n) is 6.43. The molecule has 2 rings (SSSR count). The van der Waals surface area contributed by atoms with Crippen LogP contribution >= 0.6 is 0 Å². The number of nitrogens with two attached hydrogens (primary N) is 1. The lowest BCUT2D eigenvalue weighted by molar-refractivity contribution is 0.181. The first kappa shape index (κ1) is 12.6. The van der Waals surface area contributed by atoms with Gasteiger partial charge < -0.3 is 10.5 Å². The van der Waals surface area contributed by atoms with Crippen molar-refractivity contribution in [2.24, 2.45) is 11.7 Å². The Morgan fingerprint density at radius 3 is 2.24 bits per heavy atom. The lowest BCUT2D eigenvalue weighted by atomic mass is 9.84. The molecule has 0 spiro atoms. The number of hydrogen-bond acceptors (Lipinski definition) is 2. The third kappa shape index (κ3) is 2.24. The topological polar surface area (TPSA) is 35.2 Å². The van der Waals surface area contributed by atoms with E-state index in [1.807, 2.05) is 0 Å². The molecule has 0 aliphatic carbocycles. The van der Waals surface area contributed by atoms with Crippen molar-refractivity contribution in [1.82, 2.24) is 0 Å². The van der Waals surface area contributed by atoms with Crippen molar-refractivity contribution >= 4 is 0 Å². The molecule has 2 nitrogen and oxygen atoms in total. The smallest absolute Gasteiger partial charge is 0.0513 e. The van der Waals surface area contributed by atoms with Gasteiger partial charge in [-0.05, 0) is 61.9 Å². The Morgan fingerprint density at radius 2 is 1.76 bits per heavy atom. The van der Waals surface area contributed by atoms with Crippen LogP contribution in [0.2, 0.25) is 0 Å². The molecule has 2 heteroatoms. The third-order valence-corrected chi connectivity index (χ3v) is 4.23. The fraction of sp³-hybridized carbons (Fsp3) is 0.600. The fourth-order valence-electron chi connectivity index (χ4n) is 2.82. The zero-order valence-electron chi connectivity index (χ0n) is 11.3. The number of rotatable bonds is 2. The molecular formula is C15H23NO. The molecule has 1 aromatic carbocycles. The first-order valence-corrected chi connectivity index (χ1v) is 6.43. The number of hydrogen-bond donors (Lipinski definition) is 1. The van der Waals surface area contributed by atoms with Gasteiger partial charge in [0, 0.05) is 18.6 Å². The van der Waals surface area contributed by atoms with E-state index in [0.717, 1.165) is 19.6 Å². The Labute approximate surface area is 104 Å². The van der Waals surface area contributed by atoms with Crippen LogP contribution in [0.3, 0.4) is 0 Å². The predicted octanol–water partition coefficient (Wildman–Crippen LogP) is 2.96. The monoisotopic (exact) mass is 233 g/mol. The van der Waals surface area contributed by atoms with Gasteiger partial charge in [0.2, 0.25) is 0 Å². The fourth-order valence-corrected chi connectivity index (χ4v) is 2.82. The maximum atomic E-state index is 6.46. The average Bonchev–Trinajstić information content (AvgIpc) is 2.80. The molecule has 2 N–H and O–H groups in total. The Morgan fingerprint density at radius 1 is 1.18 bits per heavy atom. The Bertz CT molecular complexity index is 393. The van der Waals surface area contributed by atoms with Crippen molar-refractivity contribution in [3.05, 3.63) is 33.9 Å². The van der Waals surface area contributed by atoms with E-state index >= 15 is 0 Å². The molecule has 2 atom stereocenters. The predicted molar refractivity (Wildman–Crippen MR) is 71.2 cm³/mol. The highest BCUT2D eigenvalue weighted by molar-refractivity contribution is 5.45. The molecule has 0 radical (unpaired) electrons. The zero-order chi connectivity index (χ0) is 12.6. The molecule has 0 bridgehead atoms. The normalized spacial score (nSPS) is 21.8. The second-order valence-corrected chi connectivity index (χ2v) is 5.32.